The molecule has 0 spiro atoms. The number of rotatable bonds is 5. The molecule has 1 heterocycles. The molecule has 2 aromatic rings. The van der Waals surface area contributed by atoms with Crippen molar-refractivity contribution in [3.63, 3.8) is 0 Å². The molecule has 1 N–H and O–H groups in total. The van der Waals surface area contributed by atoms with E-state index in [-0.39, 0.29) is 10.9 Å². The van der Waals surface area contributed by atoms with E-state index in [0.29, 0.717) is 12.2 Å². The molecule has 1 saturated heterocycles. The zero-order chi connectivity index (χ0) is 18.4. The summed E-state index contributed by atoms with van der Waals surface area (Å²) in [7, 11) is 0. The van der Waals surface area contributed by atoms with Crippen molar-refractivity contribution in [1.82, 2.24) is 9.80 Å². The first kappa shape index (κ1) is 18.8. The van der Waals surface area contributed by atoms with Crippen molar-refractivity contribution < 1.29 is 9.18 Å². The van der Waals surface area contributed by atoms with Crippen LogP contribution in [-0.2, 0) is 11.3 Å². The first-order chi connectivity index (χ1) is 12.6. The Kier molecular flexibility index (Phi) is 6.61. The fourth-order valence-electron chi connectivity index (χ4n) is 3.17. The fraction of sp³-hybridized carbons (Fsp3) is 0.350. The fourth-order valence-corrected chi connectivity index (χ4v) is 3.38. The lowest BCUT2D eigenvalue weighted by atomic mass is 10.2. The molecular formula is C20H23ClFN3O. The standard InChI is InChI=1S/C20H23ClFN3O/c21-18-13-17(22)7-8-19(18)23-20(26)15-25-10-4-9-24(11-12-25)14-16-5-2-1-3-6-16/h1-3,5-8,13H,4,9-12,14-15H2,(H,23,26). The average molecular weight is 376 g/mol. The van der Waals surface area contributed by atoms with Crippen molar-refractivity contribution in [2.24, 2.45) is 0 Å². The van der Waals surface area contributed by atoms with Gasteiger partial charge in [-0.2, -0.15) is 0 Å². The summed E-state index contributed by atoms with van der Waals surface area (Å²) in [5, 5.41) is 2.97. The SMILES string of the molecule is O=C(CN1CCCN(Cc2ccccc2)CC1)Nc1ccc(F)cc1Cl. The third kappa shape index (κ3) is 5.53. The second kappa shape index (κ2) is 9.12. The van der Waals surface area contributed by atoms with Crippen LogP contribution < -0.4 is 5.32 Å². The van der Waals surface area contributed by atoms with Crippen molar-refractivity contribution >= 4 is 23.2 Å². The van der Waals surface area contributed by atoms with E-state index in [1.54, 1.807) is 0 Å². The van der Waals surface area contributed by atoms with Crippen LogP contribution >= 0.6 is 11.6 Å². The minimum atomic E-state index is -0.418. The lowest BCUT2D eigenvalue weighted by Crippen LogP contribution is -2.36. The Bertz CT molecular complexity index is 741. The number of amides is 1. The summed E-state index contributed by atoms with van der Waals surface area (Å²) in [5.41, 5.74) is 1.75. The Hall–Kier alpha value is -1.95. The molecule has 26 heavy (non-hydrogen) atoms. The maximum Gasteiger partial charge on any atom is 0.238 e. The summed E-state index contributed by atoms with van der Waals surface area (Å²) < 4.78 is 13.1. The van der Waals surface area contributed by atoms with Gasteiger partial charge in [0.15, 0.2) is 0 Å². The largest absolute Gasteiger partial charge is 0.324 e. The quantitative estimate of drug-likeness (QED) is 0.866. The summed E-state index contributed by atoms with van der Waals surface area (Å²) in [4.78, 5) is 16.9. The zero-order valence-electron chi connectivity index (χ0n) is 14.6. The predicted octanol–water partition coefficient (Wildman–Crippen LogP) is 3.63. The second-order valence-electron chi connectivity index (χ2n) is 6.56. The van der Waals surface area contributed by atoms with E-state index in [9.17, 15) is 9.18 Å². The van der Waals surface area contributed by atoms with Crippen molar-refractivity contribution in [3.05, 3.63) is 64.9 Å². The van der Waals surface area contributed by atoms with E-state index in [2.05, 4.69) is 39.4 Å². The first-order valence-corrected chi connectivity index (χ1v) is 9.21. The van der Waals surface area contributed by atoms with Gasteiger partial charge in [0.05, 0.1) is 17.3 Å². The molecular weight excluding hydrogens is 353 g/mol. The number of anilines is 1. The van der Waals surface area contributed by atoms with Gasteiger partial charge in [0, 0.05) is 19.6 Å². The van der Waals surface area contributed by atoms with Gasteiger partial charge in [0.25, 0.3) is 0 Å². The normalized spacial score (nSPS) is 16.2. The maximum atomic E-state index is 13.1. The molecule has 2 aromatic carbocycles. The molecule has 0 atom stereocenters. The summed E-state index contributed by atoms with van der Waals surface area (Å²) in [6.07, 6.45) is 1.03. The third-order valence-corrected chi connectivity index (χ3v) is 4.82. The summed E-state index contributed by atoms with van der Waals surface area (Å²) >= 11 is 5.96. The van der Waals surface area contributed by atoms with Gasteiger partial charge in [-0.3, -0.25) is 14.6 Å². The van der Waals surface area contributed by atoms with Crippen LogP contribution in [-0.4, -0.2) is 48.4 Å². The van der Waals surface area contributed by atoms with Crippen molar-refractivity contribution in [2.75, 3.05) is 38.0 Å². The van der Waals surface area contributed by atoms with E-state index < -0.39 is 5.82 Å². The Labute approximate surface area is 158 Å². The minimum absolute atomic E-state index is 0.130. The number of hydrogen-bond donors (Lipinski definition) is 1. The number of benzene rings is 2. The molecule has 0 unspecified atom stereocenters. The van der Waals surface area contributed by atoms with E-state index in [0.717, 1.165) is 39.1 Å². The van der Waals surface area contributed by atoms with Gasteiger partial charge < -0.3 is 5.32 Å². The lowest BCUT2D eigenvalue weighted by Gasteiger charge is -2.21. The van der Waals surface area contributed by atoms with E-state index >= 15 is 0 Å². The highest BCUT2D eigenvalue weighted by atomic mass is 35.5. The monoisotopic (exact) mass is 375 g/mol. The smallest absolute Gasteiger partial charge is 0.238 e. The maximum absolute atomic E-state index is 13.1. The molecule has 3 rings (SSSR count). The lowest BCUT2D eigenvalue weighted by molar-refractivity contribution is -0.117. The van der Waals surface area contributed by atoms with Crippen molar-refractivity contribution in [2.45, 2.75) is 13.0 Å². The highest BCUT2D eigenvalue weighted by Gasteiger charge is 2.17. The van der Waals surface area contributed by atoms with Gasteiger partial charge in [-0.05, 0) is 43.3 Å². The Morgan fingerprint density at radius 3 is 2.54 bits per heavy atom. The van der Waals surface area contributed by atoms with E-state index in [1.165, 1.54) is 23.8 Å². The van der Waals surface area contributed by atoms with E-state index in [4.69, 9.17) is 11.6 Å². The van der Waals surface area contributed by atoms with Crippen LogP contribution in [0.2, 0.25) is 5.02 Å². The molecule has 0 radical (unpaired) electrons. The second-order valence-corrected chi connectivity index (χ2v) is 6.97. The zero-order valence-corrected chi connectivity index (χ0v) is 15.4. The molecule has 6 heteroatoms. The molecule has 138 valence electrons. The van der Waals surface area contributed by atoms with Crippen molar-refractivity contribution in [1.29, 1.82) is 0 Å². The number of carbonyl (C=O) groups is 1. The van der Waals surface area contributed by atoms with Gasteiger partial charge in [0.2, 0.25) is 5.91 Å². The molecule has 0 bridgehead atoms. The van der Waals surface area contributed by atoms with Crippen LogP contribution in [0.4, 0.5) is 10.1 Å². The van der Waals surface area contributed by atoms with E-state index in [1.807, 2.05) is 6.07 Å². The van der Waals surface area contributed by atoms with Crippen LogP contribution in [0.3, 0.4) is 0 Å². The van der Waals surface area contributed by atoms with Crippen LogP contribution in [0.25, 0.3) is 0 Å². The highest BCUT2D eigenvalue weighted by Crippen LogP contribution is 2.22. The number of halogens is 2. The van der Waals surface area contributed by atoms with Crippen LogP contribution in [0, 0.1) is 5.82 Å². The summed E-state index contributed by atoms with van der Waals surface area (Å²) in [6, 6.07) is 14.4. The number of nitrogens with zero attached hydrogens (tertiary/aromatic N) is 2. The predicted molar refractivity (Wildman–Crippen MR) is 103 cm³/mol. The average Bonchev–Trinajstić information content (AvgIpc) is 2.84. The number of carbonyl (C=O) groups excluding carboxylic acids is 1. The molecule has 1 aliphatic rings. The van der Waals surface area contributed by atoms with Crippen LogP contribution in [0.15, 0.2) is 48.5 Å². The molecule has 1 fully saturated rings. The summed E-state index contributed by atoms with van der Waals surface area (Å²) in [6.45, 7) is 4.93. The van der Waals surface area contributed by atoms with Gasteiger partial charge in [0.1, 0.15) is 5.82 Å². The van der Waals surface area contributed by atoms with Crippen LogP contribution in [0.5, 0.6) is 0 Å². The molecule has 0 aromatic heterocycles. The molecule has 1 amide bonds. The Morgan fingerprint density at radius 1 is 1.04 bits per heavy atom. The van der Waals surface area contributed by atoms with Gasteiger partial charge in [-0.25, -0.2) is 4.39 Å². The van der Waals surface area contributed by atoms with Gasteiger partial charge in [-0.15, -0.1) is 0 Å². The summed E-state index contributed by atoms with van der Waals surface area (Å²) in [5.74, 6) is -0.547. The Balaban J connectivity index is 1.49. The third-order valence-electron chi connectivity index (χ3n) is 4.50. The number of nitrogens with one attached hydrogen (secondary N) is 1. The molecule has 0 aliphatic carbocycles. The Morgan fingerprint density at radius 2 is 1.77 bits per heavy atom. The molecule has 1 aliphatic heterocycles. The van der Waals surface area contributed by atoms with Crippen molar-refractivity contribution in [3.8, 4) is 0 Å². The van der Waals surface area contributed by atoms with Crippen LogP contribution in [0.1, 0.15) is 12.0 Å². The molecule has 0 saturated carbocycles. The number of hydrogen-bond acceptors (Lipinski definition) is 3. The highest BCUT2D eigenvalue weighted by molar-refractivity contribution is 6.33. The molecule has 4 nitrogen and oxygen atoms in total. The van der Waals surface area contributed by atoms with Gasteiger partial charge in [-0.1, -0.05) is 41.9 Å². The first-order valence-electron chi connectivity index (χ1n) is 8.84. The van der Waals surface area contributed by atoms with Gasteiger partial charge >= 0.3 is 0 Å². The minimum Gasteiger partial charge on any atom is -0.324 e. The topological polar surface area (TPSA) is 35.6 Å².